The van der Waals surface area contributed by atoms with Crippen molar-refractivity contribution in [3.05, 3.63) is 27.9 Å². The molecule has 1 aromatic rings. The second-order valence-electron chi connectivity index (χ2n) is 4.89. The maximum absolute atomic E-state index is 11.3. The van der Waals surface area contributed by atoms with Gasteiger partial charge in [0.1, 0.15) is 5.92 Å². The Hall–Kier alpha value is -2.22. The molecule has 0 radical (unpaired) electrons. The average Bonchev–Trinajstić information content (AvgIpc) is 2.89. The van der Waals surface area contributed by atoms with E-state index in [9.17, 15) is 20.0 Å². The Kier molecular flexibility index (Phi) is 4.37. The number of nitrogens with zero attached hydrogens (tertiary/aromatic N) is 3. The van der Waals surface area contributed by atoms with E-state index in [-0.39, 0.29) is 24.7 Å². The SMILES string of the molecule is CCN(c1nc(C)ccc1[N+](=O)[O-])C1COCC1C(=O)O. The Labute approximate surface area is 121 Å². The van der Waals surface area contributed by atoms with Gasteiger partial charge in [-0.3, -0.25) is 14.9 Å². The van der Waals surface area contributed by atoms with E-state index in [1.54, 1.807) is 17.9 Å². The molecule has 2 atom stereocenters. The van der Waals surface area contributed by atoms with Crippen LogP contribution in [0.1, 0.15) is 12.6 Å². The maximum Gasteiger partial charge on any atom is 0.311 e. The van der Waals surface area contributed by atoms with Crippen LogP contribution in [0.4, 0.5) is 11.5 Å². The lowest BCUT2D eigenvalue weighted by molar-refractivity contribution is -0.384. The van der Waals surface area contributed by atoms with E-state index in [2.05, 4.69) is 4.98 Å². The van der Waals surface area contributed by atoms with Gasteiger partial charge in [0, 0.05) is 18.3 Å². The van der Waals surface area contributed by atoms with E-state index < -0.39 is 22.9 Å². The van der Waals surface area contributed by atoms with Gasteiger partial charge in [-0.15, -0.1) is 0 Å². The first kappa shape index (κ1) is 15.2. The molecule has 1 aromatic heterocycles. The molecule has 1 fully saturated rings. The van der Waals surface area contributed by atoms with E-state index in [4.69, 9.17) is 4.74 Å². The third-order valence-corrected chi connectivity index (χ3v) is 3.57. The Bertz CT molecular complexity index is 563. The molecule has 0 aliphatic carbocycles. The molecule has 0 spiro atoms. The van der Waals surface area contributed by atoms with E-state index in [0.29, 0.717) is 12.2 Å². The monoisotopic (exact) mass is 295 g/mol. The number of likely N-dealkylation sites (N-methyl/N-ethyl adjacent to an activating group) is 1. The lowest BCUT2D eigenvalue weighted by Crippen LogP contribution is -2.44. The number of aromatic nitrogens is 1. The van der Waals surface area contributed by atoms with Gasteiger partial charge in [-0.2, -0.15) is 0 Å². The van der Waals surface area contributed by atoms with Gasteiger partial charge in [-0.25, -0.2) is 4.98 Å². The topological polar surface area (TPSA) is 106 Å². The van der Waals surface area contributed by atoms with Crippen LogP contribution in [-0.4, -0.2) is 46.8 Å². The van der Waals surface area contributed by atoms with Crippen LogP contribution in [0, 0.1) is 23.0 Å². The van der Waals surface area contributed by atoms with Crippen molar-refractivity contribution in [3.63, 3.8) is 0 Å². The van der Waals surface area contributed by atoms with E-state index >= 15 is 0 Å². The first-order chi connectivity index (χ1) is 9.95. The number of carbonyl (C=O) groups is 1. The number of ether oxygens (including phenoxy) is 1. The number of nitro groups is 1. The number of aliphatic carboxylic acids is 1. The van der Waals surface area contributed by atoms with Gasteiger partial charge in [0.15, 0.2) is 0 Å². The number of pyridine rings is 1. The molecule has 0 amide bonds. The highest BCUT2D eigenvalue weighted by Gasteiger charge is 2.40. The molecule has 2 rings (SSSR count). The van der Waals surface area contributed by atoms with Crippen LogP contribution in [0.5, 0.6) is 0 Å². The van der Waals surface area contributed by atoms with Crippen molar-refractivity contribution in [2.45, 2.75) is 19.9 Å². The van der Waals surface area contributed by atoms with Crippen molar-refractivity contribution in [2.24, 2.45) is 5.92 Å². The lowest BCUT2D eigenvalue weighted by atomic mass is 10.0. The minimum Gasteiger partial charge on any atom is -0.481 e. The van der Waals surface area contributed by atoms with Crippen LogP contribution in [-0.2, 0) is 9.53 Å². The van der Waals surface area contributed by atoms with Crippen molar-refractivity contribution in [1.82, 2.24) is 4.98 Å². The molecule has 0 aromatic carbocycles. The van der Waals surface area contributed by atoms with Crippen LogP contribution < -0.4 is 4.90 Å². The molecule has 2 unspecified atom stereocenters. The molecule has 8 nitrogen and oxygen atoms in total. The number of anilines is 1. The van der Waals surface area contributed by atoms with Crippen molar-refractivity contribution >= 4 is 17.5 Å². The summed E-state index contributed by atoms with van der Waals surface area (Å²) in [6.07, 6.45) is 0. The van der Waals surface area contributed by atoms with Gasteiger partial charge in [0.05, 0.1) is 24.2 Å². The minimum absolute atomic E-state index is 0.107. The van der Waals surface area contributed by atoms with Crippen LogP contribution in [0.15, 0.2) is 12.1 Å². The summed E-state index contributed by atoms with van der Waals surface area (Å²) in [6, 6.07) is 2.50. The molecule has 0 bridgehead atoms. The zero-order valence-corrected chi connectivity index (χ0v) is 11.9. The van der Waals surface area contributed by atoms with Gasteiger partial charge in [-0.1, -0.05) is 0 Å². The van der Waals surface area contributed by atoms with Gasteiger partial charge in [0.25, 0.3) is 0 Å². The van der Waals surface area contributed by atoms with Crippen LogP contribution in [0.2, 0.25) is 0 Å². The highest BCUT2D eigenvalue weighted by atomic mass is 16.6. The van der Waals surface area contributed by atoms with E-state index in [1.807, 2.05) is 6.92 Å². The Balaban J connectivity index is 2.44. The predicted octanol–water partition coefficient (Wildman–Crippen LogP) is 1.22. The second-order valence-corrected chi connectivity index (χ2v) is 4.89. The smallest absolute Gasteiger partial charge is 0.311 e. The highest BCUT2D eigenvalue weighted by Crippen LogP contribution is 2.31. The maximum atomic E-state index is 11.3. The zero-order chi connectivity index (χ0) is 15.6. The number of aryl methyl sites for hydroxylation is 1. The summed E-state index contributed by atoms with van der Waals surface area (Å²) in [5.74, 6) is -1.48. The summed E-state index contributed by atoms with van der Waals surface area (Å²) in [5.41, 5.74) is 0.512. The van der Waals surface area contributed by atoms with Gasteiger partial charge < -0.3 is 14.7 Å². The normalized spacial score (nSPS) is 21.2. The zero-order valence-electron chi connectivity index (χ0n) is 11.9. The first-order valence-corrected chi connectivity index (χ1v) is 6.65. The Morgan fingerprint density at radius 2 is 2.29 bits per heavy atom. The number of carboxylic acid groups (broad SMARTS) is 1. The largest absolute Gasteiger partial charge is 0.481 e. The van der Waals surface area contributed by atoms with Crippen molar-refractivity contribution in [2.75, 3.05) is 24.7 Å². The summed E-state index contributed by atoms with van der Waals surface area (Å²) in [6.45, 7) is 4.29. The van der Waals surface area contributed by atoms with Gasteiger partial charge in [-0.05, 0) is 19.9 Å². The van der Waals surface area contributed by atoms with Crippen LogP contribution >= 0.6 is 0 Å². The second kappa shape index (κ2) is 6.04. The fourth-order valence-electron chi connectivity index (χ4n) is 2.52. The number of hydrogen-bond donors (Lipinski definition) is 1. The predicted molar refractivity (Wildman–Crippen MR) is 74.4 cm³/mol. The van der Waals surface area contributed by atoms with Crippen molar-refractivity contribution < 1.29 is 19.6 Å². The van der Waals surface area contributed by atoms with Gasteiger partial charge in [0.2, 0.25) is 5.82 Å². The fraction of sp³-hybridized carbons (Fsp3) is 0.538. The van der Waals surface area contributed by atoms with Crippen LogP contribution in [0.25, 0.3) is 0 Å². The molecule has 8 heteroatoms. The molecule has 0 saturated carbocycles. The highest BCUT2D eigenvalue weighted by molar-refractivity contribution is 5.73. The minimum atomic E-state index is -0.966. The van der Waals surface area contributed by atoms with Gasteiger partial charge >= 0.3 is 11.7 Å². The molecule has 1 N–H and O–H groups in total. The Morgan fingerprint density at radius 1 is 1.57 bits per heavy atom. The van der Waals surface area contributed by atoms with Crippen molar-refractivity contribution in [3.8, 4) is 0 Å². The van der Waals surface area contributed by atoms with Crippen LogP contribution in [0.3, 0.4) is 0 Å². The molecular formula is C13H17N3O5. The lowest BCUT2D eigenvalue weighted by Gasteiger charge is -2.30. The average molecular weight is 295 g/mol. The fourth-order valence-corrected chi connectivity index (χ4v) is 2.52. The number of carboxylic acids is 1. The summed E-state index contributed by atoms with van der Waals surface area (Å²) < 4.78 is 5.25. The summed E-state index contributed by atoms with van der Waals surface area (Å²) >= 11 is 0. The standard InChI is InChI=1S/C13H17N3O5/c1-3-15(11-7-21-6-9(11)13(17)18)12-10(16(19)20)5-4-8(2)14-12/h4-5,9,11H,3,6-7H2,1-2H3,(H,17,18). The molecule has 1 aliphatic rings. The molecule has 21 heavy (non-hydrogen) atoms. The van der Waals surface area contributed by atoms with Crippen molar-refractivity contribution in [1.29, 1.82) is 0 Å². The molecular weight excluding hydrogens is 278 g/mol. The summed E-state index contributed by atoms with van der Waals surface area (Å²) in [4.78, 5) is 27.8. The van der Waals surface area contributed by atoms with E-state index in [0.717, 1.165) is 0 Å². The third kappa shape index (κ3) is 2.94. The Morgan fingerprint density at radius 3 is 2.86 bits per heavy atom. The van der Waals surface area contributed by atoms with E-state index in [1.165, 1.54) is 6.07 Å². The molecule has 1 saturated heterocycles. The number of rotatable bonds is 5. The summed E-state index contributed by atoms with van der Waals surface area (Å²) in [7, 11) is 0. The number of hydrogen-bond acceptors (Lipinski definition) is 6. The first-order valence-electron chi connectivity index (χ1n) is 6.65. The molecule has 2 heterocycles. The molecule has 1 aliphatic heterocycles. The summed E-state index contributed by atoms with van der Waals surface area (Å²) in [5, 5.41) is 20.4. The molecule has 114 valence electrons. The quantitative estimate of drug-likeness (QED) is 0.643. The third-order valence-electron chi connectivity index (χ3n) is 3.57.